The third kappa shape index (κ3) is 2.38. The van der Waals surface area contributed by atoms with Crippen molar-refractivity contribution in [3.63, 3.8) is 0 Å². The second-order valence-electron chi connectivity index (χ2n) is 5.46. The van der Waals surface area contributed by atoms with Crippen LogP contribution in [0.5, 0.6) is 0 Å². The van der Waals surface area contributed by atoms with Crippen LogP contribution in [0.4, 0.5) is 0 Å². The predicted molar refractivity (Wildman–Crippen MR) is 80.9 cm³/mol. The van der Waals surface area contributed by atoms with Crippen LogP contribution in [-0.4, -0.2) is 36.7 Å². The fraction of sp³-hybridized carbons (Fsp3) is 0.400. The van der Waals surface area contributed by atoms with Crippen molar-refractivity contribution in [2.45, 2.75) is 24.2 Å². The van der Waals surface area contributed by atoms with Gasteiger partial charge in [-0.3, -0.25) is 4.79 Å². The number of nitrogens with zero attached hydrogens (tertiary/aromatic N) is 2. The molecule has 0 aliphatic carbocycles. The molecule has 5 nitrogen and oxygen atoms in total. The molecule has 0 N–H and O–H groups in total. The first-order valence-electron chi connectivity index (χ1n) is 7.08. The van der Waals surface area contributed by atoms with Crippen LogP contribution in [0.3, 0.4) is 0 Å². The van der Waals surface area contributed by atoms with Crippen molar-refractivity contribution in [3.05, 3.63) is 30.0 Å². The Morgan fingerprint density at radius 3 is 2.52 bits per heavy atom. The van der Waals surface area contributed by atoms with Crippen LogP contribution in [0.2, 0.25) is 0 Å². The summed E-state index contributed by atoms with van der Waals surface area (Å²) in [5.41, 5.74) is 1.37. The summed E-state index contributed by atoms with van der Waals surface area (Å²) in [4.78, 5) is 11.4. The van der Waals surface area contributed by atoms with Crippen LogP contribution in [0.15, 0.2) is 29.3 Å². The molecule has 2 aromatic rings. The molecule has 1 aliphatic heterocycles. The maximum Gasteiger partial charge on any atom is 0.243 e. The van der Waals surface area contributed by atoms with E-state index in [-0.39, 0.29) is 4.90 Å². The molecule has 112 valence electrons. The van der Waals surface area contributed by atoms with Crippen molar-refractivity contribution in [3.8, 4) is 0 Å². The first-order chi connectivity index (χ1) is 10.0. The normalized spacial score (nSPS) is 17.2. The van der Waals surface area contributed by atoms with Gasteiger partial charge in [-0.05, 0) is 31.0 Å². The lowest BCUT2D eigenvalue weighted by atomic mass is 10.2. The Morgan fingerprint density at radius 1 is 1.14 bits per heavy atom. The highest BCUT2D eigenvalue weighted by atomic mass is 32.2. The van der Waals surface area contributed by atoms with Gasteiger partial charge in [0.1, 0.15) is 0 Å². The van der Waals surface area contributed by atoms with Crippen molar-refractivity contribution in [2.75, 3.05) is 13.1 Å². The van der Waals surface area contributed by atoms with Crippen molar-refractivity contribution in [1.82, 2.24) is 8.87 Å². The van der Waals surface area contributed by atoms with E-state index >= 15 is 0 Å². The summed E-state index contributed by atoms with van der Waals surface area (Å²) in [7, 11) is -1.62. The van der Waals surface area contributed by atoms with Crippen molar-refractivity contribution in [2.24, 2.45) is 7.05 Å². The van der Waals surface area contributed by atoms with Crippen LogP contribution in [0, 0.1) is 0 Å². The number of hydrogen-bond donors (Lipinski definition) is 0. The first-order valence-corrected chi connectivity index (χ1v) is 8.52. The van der Waals surface area contributed by atoms with Crippen LogP contribution in [0.1, 0.15) is 29.6 Å². The number of hydrogen-bond acceptors (Lipinski definition) is 3. The monoisotopic (exact) mass is 306 g/mol. The zero-order valence-electron chi connectivity index (χ0n) is 11.9. The van der Waals surface area contributed by atoms with E-state index < -0.39 is 10.0 Å². The SMILES string of the molecule is Cn1cc(C=O)c2cc(S(=O)(=O)N3CCCCC3)ccc21. The van der Waals surface area contributed by atoms with Crippen molar-refractivity contribution >= 4 is 27.2 Å². The van der Waals surface area contributed by atoms with E-state index in [0.29, 0.717) is 24.0 Å². The molecule has 0 saturated carbocycles. The minimum absolute atomic E-state index is 0.270. The molecule has 2 heterocycles. The fourth-order valence-electron chi connectivity index (χ4n) is 2.91. The Labute approximate surface area is 124 Å². The Hall–Kier alpha value is -1.66. The molecule has 3 rings (SSSR count). The van der Waals surface area contributed by atoms with Crippen molar-refractivity contribution in [1.29, 1.82) is 0 Å². The molecule has 0 radical (unpaired) electrons. The second kappa shape index (κ2) is 5.27. The van der Waals surface area contributed by atoms with E-state index in [1.165, 1.54) is 0 Å². The quantitative estimate of drug-likeness (QED) is 0.817. The fourth-order valence-corrected chi connectivity index (χ4v) is 4.45. The lowest BCUT2D eigenvalue weighted by molar-refractivity contribution is 0.112. The summed E-state index contributed by atoms with van der Waals surface area (Å²) < 4.78 is 28.7. The van der Waals surface area contributed by atoms with Crippen LogP contribution in [-0.2, 0) is 17.1 Å². The minimum Gasteiger partial charge on any atom is -0.350 e. The molecule has 1 aromatic heterocycles. The van der Waals surface area contributed by atoms with Gasteiger partial charge in [0, 0.05) is 42.8 Å². The molecule has 1 fully saturated rings. The zero-order valence-corrected chi connectivity index (χ0v) is 12.8. The van der Waals surface area contributed by atoms with Crippen LogP contribution < -0.4 is 0 Å². The average Bonchev–Trinajstić information content (AvgIpc) is 2.84. The second-order valence-corrected chi connectivity index (χ2v) is 7.39. The summed E-state index contributed by atoms with van der Waals surface area (Å²) in [5.74, 6) is 0. The van der Waals surface area contributed by atoms with E-state index in [0.717, 1.165) is 31.1 Å². The lowest BCUT2D eigenvalue weighted by Crippen LogP contribution is -2.35. The van der Waals surface area contributed by atoms with E-state index in [4.69, 9.17) is 0 Å². The number of benzene rings is 1. The molecule has 1 saturated heterocycles. The molecule has 0 bridgehead atoms. The van der Waals surface area contributed by atoms with Gasteiger partial charge in [-0.25, -0.2) is 8.42 Å². The van der Waals surface area contributed by atoms with Gasteiger partial charge in [0.2, 0.25) is 10.0 Å². The maximum absolute atomic E-state index is 12.7. The summed E-state index contributed by atoms with van der Waals surface area (Å²) in [6, 6.07) is 5.00. The predicted octanol–water partition coefficient (Wildman–Crippen LogP) is 2.17. The largest absolute Gasteiger partial charge is 0.350 e. The van der Waals surface area contributed by atoms with Gasteiger partial charge in [0.15, 0.2) is 6.29 Å². The Morgan fingerprint density at radius 2 is 1.86 bits per heavy atom. The molecular formula is C15H18N2O3S. The standard InChI is InChI=1S/C15H18N2O3S/c1-16-10-12(11-18)14-9-13(5-6-15(14)16)21(19,20)17-7-3-2-4-8-17/h5-6,9-11H,2-4,7-8H2,1H3. The van der Waals surface area contributed by atoms with E-state index in [9.17, 15) is 13.2 Å². The highest BCUT2D eigenvalue weighted by Crippen LogP contribution is 2.26. The molecule has 0 spiro atoms. The summed E-state index contributed by atoms with van der Waals surface area (Å²) in [5, 5.41) is 0.686. The number of sulfonamides is 1. The van der Waals surface area contributed by atoms with Crippen LogP contribution in [0.25, 0.3) is 10.9 Å². The maximum atomic E-state index is 12.7. The Balaban J connectivity index is 2.09. The zero-order chi connectivity index (χ0) is 15.0. The van der Waals surface area contributed by atoms with E-state index in [1.54, 1.807) is 28.7 Å². The van der Waals surface area contributed by atoms with Gasteiger partial charge in [0.05, 0.1) is 4.90 Å². The number of piperidine rings is 1. The molecule has 6 heteroatoms. The summed E-state index contributed by atoms with van der Waals surface area (Å²) in [6.07, 6.45) is 5.38. The molecule has 0 atom stereocenters. The Kier molecular flexibility index (Phi) is 3.59. The molecule has 1 aliphatic rings. The number of rotatable bonds is 3. The highest BCUT2D eigenvalue weighted by Gasteiger charge is 2.26. The summed E-state index contributed by atoms with van der Waals surface area (Å²) >= 11 is 0. The number of aldehydes is 1. The van der Waals surface area contributed by atoms with E-state index in [2.05, 4.69) is 0 Å². The molecule has 0 unspecified atom stereocenters. The third-order valence-electron chi connectivity index (χ3n) is 4.07. The molecular weight excluding hydrogens is 288 g/mol. The topological polar surface area (TPSA) is 59.4 Å². The minimum atomic E-state index is -3.46. The average molecular weight is 306 g/mol. The highest BCUT2D eigenvalue weighted by molar-refractivity contribution is 7.89. The molecule has 0 amide bonds. The van der Waals surface area contributed by atoms with Gasteiger partial charge in [0.25, 0.3) is 0 Å². The van der Waals surface area contributed by atoms with Gasteiger partial charge < -0.3 is 4.57 Å². The molecule has 1 aromatic carbocycles. The number of carbonyl (C=O) groups is 1. The number of aryl methyl sites for hydroxylation is 1. The van der Waals surface area contributed by atoms with Crippen LogP contribution >= 0.6 is 0 Å². The number of carbonyl (C=O) groups excluding carboxylic acids is 1. The molecule has 21 heavy (non-hydrogen) atoms. The smallest absolute Gasteiger partial charge is 0.243 e. The third-order valence-corrected chi connectivity index (χ3v) is 5.97. The first kappa shape index (κ1) is 14.3. The van der Waals surface area contributed by atoms with Crippen molar-refractivity contribution < 1.29 is 13.2 Å². The number of aromatic nitrogens is 1. The number of fused-ring (bicyclic) bond motifs is 1. The van der Waals surface area contributed by atoms with Gasteiger partial charge >= 0.3 is 0 Å². The van der Waals surface area contributed by atoms with Gasteiger partial charge in [-0.2, -0.15) is 4.31 Å². The lowest BCUT2D eigenvalue weighted by Gasteiger charge is -2.25. The van der Waals surface area contributed by atoms with E-state index in [1.807, 2.05) is 11.6 Å². The van der Waals surface area contributed by atoms with Gasteiger partial charge in [-0.15, -0.1) is 0 Å². The van der Waals surface area contributed by atoms with Gasteiger partial charge in [-0.1, -0.05) is 6.42 Å². The summed E-state index contributed by atoms with van der Waals surface area (Å²) in [6.45, 7) is 1.16. The Bertz CT molecular complexity index is 787.